The van der Waals surface area contributed by atoms with Crippen LogP contribution in [0.25, 0.3) is 0 Å². The zero-order valence-electron chi connectivity index (χ0n) is 14.6. The van der Waals surface area contributed by atoms with Gasteiger partial charge in [-0.1, -0.05) is 0 Å². The molecule has 0 aliphatic carbocycles. The van der Waals surface area contributed by atoms with Crippen LogP contribution in [0.1, 0.15) is 12.5 Å². The van der Waals surface area contributed by atoms with Crippen LogP contribution in [0.3, 0.4) is 0 Å². The van der Waals surface area contributed by atoms with Gasteiger partial charge in [-0.15, -0.1) is 10.2 Å². The predicted octanol–water partition coefficient (Wildman–Crippen LogP) is 1.37. The number of nitrogens with zero attached hydrogens (tertiary/aromatic N) is 3. The van der Waals surface area contributed by atoms with Crippen molar-refractivity contribution in [3.63, 3.8) is 0 Å². The Morgan fingerprint density at radius 1 is 1.11 bits per heavy atom. The van der Waals surface area contributed by atoms with Crippen molar-refractivity contribution >= 4 is 37.3 Å². The SMILES string of the molecule is CCn1c(O)c(N=Nc2cc(N)ccc2S(=O)(=O)O)c(C)c(S(=O)(=O)O)c1=O. The molecule has 0 amide bonds. The van der Waals surface area contributed by atoms with Gasteiger partial charge >= 0.3 is 0 Å². The van der Waals surface area contributed by atoms with Gasteiger partial charge in [0, 0.05) is 17.8 Å². The minimum absolute atomic E-state index is 0.0828. The second-order valence-corrected chi connectivity index (χ2v) is 8.30. The minimum atomic E-state index is -4.96. The monoisotopic (exact) mass is 432 g/mol. The van der Waals surface area contributed by atoms with E-state index in [2.05, 4.69) is 10.2 Å². The number of aromatic nitrogens is 1. The molecule has 5 N–H and O–H groups in total. The van der Waals surface area contributed by atoms with Gasteiger partial charge in [0.1, 0.15) is 10.6 Å². The lowest BCUT2D eigenvalue weighted by atomic mass is 10.2. The number of hydrogen-bond acceptors (Lipinski definition) is 9. The molecule has 1 aromatic carbocycles. The zero-order valence-corrected chi connectivity index (χ0v) is 16.2. The first-order chi connectivity index (χ1) is 12.8. The third-order valence-corrected chi connectivity index (χ3v) is 5.59. The molecule has 12 nitrogen and oxygen atoms in total. The fourth-order valence-electron chi connectivity index (χ4n) is 2.43. The molecule has 0 atom stereocenters. The molecule has 152 valence electrons. The highest BCUT2D eigenvalue weighted by Gasteiger charge is 2.26. The van der Waals surface area contributed by atoms with E-state index in [1.807, 2.05) is 0 Å². The van der Waals surface area contributed by atoms with Crippen LogP contribution in [-0.4, -0.2) is 35.6 Å². The van der Waals surface area contributed by atoms with Crippen LogP contribution in [-0.2, 0) is 26.8 Å². The molecule has 0 bridgehead atoms. The van der Waals surface area contributed by atoms with Crippen molar-refractivity contribution < 1.29 is 31.0 Å². The molecule has 0 saturated carbocycles. The van der Waals surface area contributed by atoms with Crippen molar-refractivity contribution in [2.45, 2.75) is 30.2 Å². The molecule has 1 heterocycles. The van der Waals surface area contributed by atoms with Crippen molar-refractivity contribution in [2.24, 2.45) is 10.2 Å². The highest BCUT2D eigenvalue weighted by molar-refractivity contribution is 7.86. The van der Waals surface area contributed by atoms with Gasteiger partial charge in [-0.25, -0.2) is 0 Å². The zero-order chi connectivity index (χ0) is 21.4. The predicted molar refractivity (Wildman–Crippen MR) is 97.4 cm³/mol. The summed E-state index contributed by atoms with van der Waals surface area (Å²) in [5.41, 5.74) is 3.17. The Kier molecular flexibility index (Phi) is 5.61. The standard InChI is InChI=1S/C14H16N4O8S2/c1-3-18-13(19)11(7(2)12(14(18)20)28(24,25)26)17-16-9-6-8(15)4-5-10(9)27(21,22)23/h4-6,19H,3,15H2,1-2H3,(H,21,22,23)(H,24,25,26). The van der Waals surface area contributed by atoms with E-state index in [4.69, 9.17) is 5.73 Å². The van der Waals surface area contributed by atoms with Crippen molar-refractivity contribution in [1.82, 2.24) is 4.57 Å². The fourth-order valence-corrected chi connectivity index (χ4v) is 3.85. The van der Waals surface area contributed by atoms with E-state index in [1.54, 1.807) is 0 Å². The van der Waals surface area contributed by atoms with E-state index in [0.29, 0.717) is 4.57 Å². The van der Waals surface area contributed by atoms with Gasteiger partial charge in [0.25, 0.3) is 25.8 Å². The van der Waals surface area contributed by atoms with Crippen molar-refractivity contribution in [1.29, 1.82) is 0 Å². The largest absolute Gasteiger partial charge is 0.493 e. The van der Waals surface area contributed by atoms with Gasteiger partial charge in [0.15, 0.2) is 10.6 Å². The summed E-state index contributed by atoms with van der Waals surface area (Å²) >= 11 is 0. The van der Waals surface area contributed by atoms with E-state index in [9.17, 15) is 35.8 Å². The Bertz CT molecular complexity index is 1250. The summed E-state index contributed by atoms with van der Waals surface area (Å²) in [5.74, 6) is -0.751. The number of anilines is 1. The normalized spacial score (nSPS) is 12.6. The molecule has 0 aliphatic heterocycles. The highest BCUT2D eigenvalue weighted by atomic mass is 32.2. The Morgan fingerprint density at radius 3 is 2.21 bits per heavy atom. The molecule has 1 aromatic heterocycles. The second-order valence-electron chi connectivity index (χ2n) is 5.55. The van der Waals surface area contributed by atoms with Gasteiger partial charge in [-0.05, 0) is 32.0 Å². The summed E-state index contributed by atoms with van der Waals surface area (Å²) in [7, 11) is -9.65. The van der Waals surface area contributed by atoms with Crippen LogP contribution in [0.2, 0.25) is 0 Å². The number of rotatable bonds is 5. The molecular formula is C14H16N4O8S2. The third kappa shape index (κ3) is 4.04. The summed E-state index contributed by atoms with van der Waals surface area (Å²) in [6, 6.07) is 3.24. The van der Waals surface area contributed by atoms with E-state index < -0.39 is 58.4 Å². The van der Waals surface area contributed by atoms with Crippen molar-refractivity contribution in [3.8, 4) is 5.88 Å². The minimum Gasteiger partial charge on any atom is -0.493 e. The van der Waals surface area contributed by atoms with Crippen LogP contribution in [0.5, 0.6) is 5.88 Å². The Balaban J connectivity index is 2.82. The van der Waals surface area contributed by atoms with Crippen molar-refractivity contribution in [3.05, 3.63) is 34.1 Å². The highest BCUT2D eigenvalue weighted by Crippen LogP contribution is 2.35. The van der Waals surface area contributed by atoms with Gasteiger partial charge in [-0.2, -0.15) is 16.8 Å². The first-order valence-corrected chi connectivity index (χ1v) is 10.4. The maximum absolute atomic E-state index is 12.2. The molecule has 2 rings (SSSR count). The molecule has 0 saturated heterocycles. The number of azo groups is 1. The molecule has 2 aromatic rings. The summed E-state index contributed by atoms with van der Waals surface area (Å²) in [5, 5.41) is 17.5. The number of aromatic hydroxyl groups is 1. The molecule has 28 heavy (non-hydrogen) atoms. The summed E-state index contributed by atoms with van der Waals surface area (Å²) in [6.07, 6.45) is 0. The molecule has 0 unspecified atom stereocenters. The molecule has 0 fully saturated rings. The topological polar surface area (TPSA) is 202 Å². The van der Waals surface area contributed by atoms with E-state index >= 15 is 0 Å². The van der Waals surface area contributed by atoms with Crippen molar-refractivity contribution in [2.75, 3.05) is 5.73 Å². The van der Waals surface area contributed by atoms with Gasteiger partial charge in [0.2, 0.25) is 5.88 Å². The molecule has 0 aliphatic rings. The van der Waals surface area contributed by atoms with Gasteiger partial charge in [0.05, 0.1) is 0 Å². The average Bonchev–Trinajstić information content (AvgIpc) is 2.52. The first kappa shape index (κ1) is 21.5. The number of hydrogen-bond donors (Lipinski definition) is 4. The maximum Gasteiger partial charge on any atom is 0.300 e. The number of benzene rings is 1. The molecule has 0 spiro atoms. The summed E-state index contributed by atoms with van der Waals surface area (Å²) in [4.78, 5) is 10.6. The molecular weight excluding hydrogens is 416 g/mol. The van der Waals surface area contributed by atoms with E-state index in [1.165, 1.54) is 13.0 Å². The lowest BCUT2D eigenvalue weighted by molar-refractivity contribution is 0.407. The summed E-state index contributed by atoms with van der Waals surface area (Å²) < 4.78 is 65.3. The number of nitrogens with two attached hydrogens (primary N) is 1. The lowest BCUT2D eigenvalue weighted by Crippen LogP contribution is -2.26. The Labute approximate surface area is 159 Å². The van der Waals surface area contributed by atoms with E-state index in [-0.39, 0.29) is 12.2 Å². The second kappa shape index (κ2) is 7.31. The van der Waals surface area contributed by atoms with Crippen LogP contribution in [0.4, 0.5) is 17.1 Å². The van der Waals surface area contributed by atoms with Crippen LogP contribution >= 0.6 is 0 Å². The quantitative estimate of drug-likeness (QED) is 0.306. The Morgan fingerprint density at radius 2 is 1.71 bits per heavy atom. The maximum atomic E-state index is 12.2. The smallest absolute Gasteiger partial charge is 0.300 e. The number of nitrogen functional groups attached to an aromatic ring is 1. The molecule has 0 radical (unpaired) electrons. The fraction of sp³-hybridized carbons (Fsp3) is 0.214. The third-order valence-electron chi connectivity index (χ3n) is 3.70. The van der Waals surface area contributed by atoms with E-state index in [0.717, 1.165) is 19.1 Å². The number of pyridine rings is 1. The Hall–Kier alpha value is -2.81. The van der Waals surface area contributed by atoms with Crippen LogP contribution in [0.15, 0.2) is 43.0 Å². The average molecular weight is 432 g/mol. The van der Waals surface area contributed by atoms with Gasteiger partial charge in [-0.3, -0.25) is 18.5 Å². The summed E-state index contributed by atoms with van der Waals surface area (Å²) in [6.45, 7) is 2.37. The van der Waals surface area contributed by atoms with Crippen LogP contribution in [0, 0.1) is 6.92 Å². The van der Waals surface area contributed by atoms with Gasteiger partial charge < -0.3 is 10.8 Å². The van der Waals surface area contributed by atoms with Crippen LogP contribution < -0.4 is 11.3 Å². The first-order valence-electron chi connectivity index (χ1n) is 7.51. The molecule has 14 heteroatoms. The lowest BCUT2D eigenvalue weighted by Gasteiger charge is -2.13.